The number of nitriles is 1. The topological polar surface area (TPSA) is 52.9 Å². The molecule has 0 radical (unpaired) electrons. The number of rotatable bonds is 4. The van der Waals surface area contributed by atoms with Crippen LogP contribution in [0.5, 0.6) is 0 Å². The standard InChI is InChI=1S/C13H14F2N2O/c1-13(2,7-16)8-17-12(18)6-9-10(14)4-3-5-11(9)15/h3-5H,6,8H2,1-2H3,(H,17,18). The smallest absolute Gasteiger partial charge is 0.224 e. The molecular formula is C13H14F2N2O. The van der Waals surface area contributed by atoms with Gasteiger partial charge in [0.15, 0.2) is 0 Å². The highest BCUT2D eigenvalue weighted by molar-refractivity contribution is 5.78. The first-order chi connectivity index (χ1) is 8.35. The third-order valence-corrected chi connectivity index (χ3v) is 2.43. The summed E-state index contributed by atoms with van der Waals surface area (Å²) in [5.74, 6) is -2.00. The number of halogens is 2. The molecule has 0 heterocycles. The summed E-state index contributed by atoms with van der Waals surface area (Å²) >= 11 is 0. The van der Waals surface area contributed by atoms with Crippen LogP contribution in [0.3, 0.4) is 0 Å². The molecule has 1 N–H and O–H groups in total. The molecule has 18 heavy (non-hydrogen) atoms. The Morgan fingerprint density at radius 2 is 1.94 bits per heavy atom. The summed E-state index contributed by atoms with van der Waals surface area (Å²) in [7, 11) is 0. The number of amides is 1. The predicted molar refractivity (Wildman–Crippen MR) is 62.5 cm³/mol. The van der Waals surface area contributed by atoms with Crippen LogP contribution in [0.1, 0.15) is 19.4 Å². The van der Waals surface area contributed by atoms with Crippen molar-refractivity contribution >= 4 is 5.91 Å². The first-order valence-corrected chi connectivity index (χ1v) is 5.46. The molecule has 0 aliphatic heterocycles. The van der Waals surface area contributed by atoms with E-state index in [0.29, 0.717) is 0 Å². The predicted octanol–water partition coefficient (Wildman–Crippen LogP) is 2.17. The lowest BCUT2D eigenvalue weighted by Crippen LogP contribution is -2.34. The molecule has 0 fully saturated rings. The van der Waals surface area contributed by atoms with Crippen LogP contribution in [0, 0.1) is 28.4 Å². The van der Waals surface area contributed by atoms with E-state index in [-0.39, 0.29) is 18.5 Å². The summed E-state index contributed by atoms with van der Waals surface area (Å²) in [6, 6.07) is 5.47. The number of nitrogens with one attached hydrogen (secondary N) is 1. The van der Waals surface area contributed by atoms with Crippen molar-refractivity contribution < 1.29 is 13.6 Å². The van der Waals surface area contributed by atoms with Crippen LogP contribution >= 0.6 is 0 Å². The van der Waals surface area contributed by atoms with Crippen molar-refractivity contribution in [3.8, 4) is 6.07 Å². The molecule has 1 amide bonds. The lowest BCUT2D eigenvalue weighted by atomic mass is 9.96. The van der Waals surface area contributed by atoms with Crippen LogP contribution in [0.2, 0.25) is 0 Å². The molecule has 0 aromatic heterocycles. The average Bonchev–Trinajstić information content (AvgIpc) is 2.32. The van der Waals surface area contributed by atoms with Crippen molar-refractivity contribution in [1.82, 2.24) is 5.32 Å². The van der Waals surface area contributed by atoms with E-state index in [9.17, 15) is 13.6 Å². The van der Waals surface area contributed by atoms with Gasteiger partial charge in [0, 0.05) is 12.1 Å². The van der Waals surface area contributed by atoms with Gasteiger partial charge in [0.25, 0.3) is 0 Å². The molecule has 1 aromatic rings. The van der Waals surface area contributed by atoms with Gasteiger partial charge in [-0.25, -0.2) is 8.78 Å². The van der Waals surface area contributed by atoms with E-state index in [1.807, 2.05) is 6.07 Å². The van der Waals surface area contributed by atoms with E-state index in [4.69, 9.17) is 5.26 Å². The van der Waals surface area contributed by atoms with Crippen molar-refractivity contribution in [1.29, 1.82) is 5.26 Å². The van der Waals surface area contributed by atoms with Crippen molar-refractivity contribution in [2.45, 2.75) is 20.3 Å². The summed E-state index contributed by atoms with van der Waals surface area (Å²) in [5, 5.41) is 11.2. The minimum Gasteiger partial charge on any atom is -0.354 e. The third-order valence-electron chi connectivity index (χ3n) is 2.43. The number of hydrogen-bond donors (Lipinski definition) is 1. The second-order valence-corrected chi connectivity index (χ2v) is 4.65. The zero-order chi connectivity index (χ0) is 13.8. The van der Waals surface area contributed by atoms with Crippen LogP contribution < -0.4 is 5.32 Å². The van der Waals surface area contributed by atoms with Crippen LogP contribution in [0.25, 0.3) is 0 Å². The Kier molecular flexibility index (Phi) is 4.38. The second kappa shape index (κ2) is 5.58. The van der Waals surface area contributed by atoms with Crippen molar-refractivity contribution in [2.75, 3.05) is 6.54 Å². The highest BCUT2D eigenvalue weighted by atomic mass is 19.1. The normalized spacial score (nSPS) is 10.8. The Hall–Kier alpha value is -1.96. The van der Waals surface area contributed by atoms with E-state index < -0.39 is 23.0 Å². The second-order valence-electron chi connectivity index (χ2n) is 4.65. The Labute approximate surface area is 104 Å². The van der Waals surface area contributed by atoms with E-state index in [2.05, 4.69) is 5.32 Å². The average molecular weight is 252 g/mol. The Bertz CT molecular complexity index is 472. The summed E-state index contributed by atoms with van der Waals surface area (Å²) in [4.78, 5) is 11.5. The highest BCUT2D eigenvalue weighted by Gasteiger charge is 2.19. The largest absolute Gasteiger partial charge is 0.354 e. The quantitative estimate of drug-likeness (QED) is 0.892. The van der Waals surface area contributed by atoms with Crippen LogP contribution in [0.4, 0.5) is 8.78 Å². The SMILES string of the molecule is CC(C)(C#N)CNC(=O)Cc1c(F)cccc1F. The maximum Gasteiger partial charge on any atom is 0.224 e. The summed E-state index contributed by atoms with van der Waals surface area (Å²) < 4.78 is 26.6. The fourth-order valence-corrected chi connectivity index (χ4v) is 1.28. The Morgan fingerprint density at radius 3 is 2.44 bits per heavy atom. The number of hydrogen-bond acceptors (Lipinski definition) is 2. The van der Waals surface area contributed by atoms with Gasteiger partial charge in [0.1, 0.15) is 11.6 Å². The van der Waals surface area contributed by atoms with Gasteiger partial charge in [-0.2, -0.15) is 5.26 Å². The molecule has 1 rings (SSSR count). The van der Waals surface area contributed by atoms with Crippen LogP contribution in [0.15, 0.2) is 18.2 Å². The minimum absolute atomic E-state index is 0.137. The molecule has 0 atom stereocenters. The van der Waals surface area contributed by atoms with Crippen molar-refractivity contribution in [2.24, 2.45) is 5.41 Å². The number of benzene rings is 1. The third kappa shape index (κ3) is 3.81. The maximum absolute atomic E-state index is 13.3. The lowest BCUT2D eigenvalue weighted by molar-refractivity contribution is -0.120. The molecule has 0 spiro atoms. The van der Waals surface area contributed by atoms with Gasteiger partial charge in [-0.1, -0.05) is 6.07 Å². The van der Waals surface area contributed by atoms with Gasteiger partial charge in [-0.15, -0.1) is 0 Å². The molecule has 5 heteroatoms. The summed E-state index contributed by atoms with van der Waals surface area (Å²) in [6.45, 7) is 3.46. The minimum atomic E-state index is -0.746. The van der Waals surface area contributed by atoms with Crippen LogP contribution in [-0.2, 0) is 11.2 Å². The monoisotopic (exact) mass is 252 g/mol. The molecule has 0 aliphatic carbocycles. The zero-order valence-electron chi connectivity index (χ0n) is 10.3. The van der Waals surface area contributed by atoms with Gasteiger partial charge in [0.05, 0.1) is 17.9 Å². The van der Waals surface area contributed by atoms with Gasteiger partial charge < -0.3 is 5.32 Å². The zero-order valence-corrected chi connectivity index (χ0v) is 10.3. The van der Waals surface area contributed by atoms with E-state index in [1.54, 1.807) is 13.8 Å². The number of nitrogens with zero attached hydrogens (tertiary/aromatic N) is 1. The van der Waals surface area contributed by atoms with E-state index >= 15 is 0 Å². The fourth-order valence-electron chi connectivity index (χ4n) is 1.28. The molecule has 96 valence electrons. The molecule has 0 unspecified atom stereocenters. The molecule has 0 bridgehead atoms. The Balaban J connectivity index is 2.64. The van der Waals surface area contributed by atoms with Crippen molar-refractivity contribution in [3.63, 3.8) is 0 Å². The summed E-state index contributed by atoms with van der Waals surface area (Å²) in [5.41, 5.74) is -0.964. The number of carbonyl (C=O) groups excluding carboxylic acids is 1. The first-order valence-electron chi connectivity index (χ1n) is 5.46. The van der Waals surface area contributed by atoms with Crippen molar-refractivity contribution in [3.05, 3.63) is 35.4 Å². The van der Waals surface area contributed by atoms with Gasteiger partial charge in [0.2, 0.25) is 5.91 Å². The molecule has 0 saturated heterocycles. The highest BCUT2D eigenvalue weighted by Crippen LogP contribution is 2.14. The van der Waals surface area contributed by atoms with Gasteiger partial charge >= 0.3 is 0 Å². The van der Waals surface area contributed by atoms with E-state index in [0.717, 1.165) is 12.1 Å². The van der Waals surface area contributed by atoms with Gasteiger partial charge in [-0.05, 0) is 26.0 Å². The van der Waals surface area contributed by atoms with Gasteiger partial charge in [-0.3, -0.25) is 4.79 Å². The molecule has 0 saturated carbocycles. The summed E-state index contributed by atoms with van der Waals surface area (Å²) in [6.07, 6.45) is -0.375. The molecule has 1 aromatic carbocycles. The molecular weight excluding hydrogens is 238 g/mol. The lowest BCUT2D eigenvalue weighted by Gasteiger charge is -2.15. The number of carbonyl (C=O) groups is 1. The van der Waals surface area contributed by atoms with Crippen LogP contribution in [-0.4, -0.2) is 12.5 Å². The maximum atomic E-state index is 13.3. The fraction of sp³-hybridized carbons (Fsp3) is 0.385. The Morgan fingerprint density at radius 1 is 1.39 bits per heavy atom. The first kappa shape index (κ1) is 14.1. The molecule has 3 nitrogen and oxygen atoms in total. The molecule has 0 aliphatic rings. The van der Waals surface area contributed by atoms with E-state index in [1.165, 1.54) is 6.07 Å².